The third kappa shape index (κ3) is 3.58. The Hall–Kier alpha value is -0.830. The fraction of sp³-hybridized carbons (Fsp3) is 0.455. The van der Waals surface area contributed by atoms with Crippen molar-refractivity contribution in [3.05, 3.63) is 26.6 Å². The van der Waals surface area contributed by atoms with Gasteiger partial charge in [0.25, 0.3) is 6.43 Å². The van der Waals surface area contributed by atoms with Gasteiger partial charge in [-0.05, 0) is 35.1 Å². The number of hydrogen-bond acceptors (Lipinski definition) is 4. The van der Waals surface area contributed by atoms with E-state index in [0.29, 0.717) is 9.26 Å². The highest BCUT2D eigenvalue weighted by Gasteiger charge is 2.21. The molecule has 1 rings (SSSR count). The number of carbonyl (C=O) groups is 1. The molecule has 0 spiro atoms. The molecular weight excluding hydrogens is 357 g/mol. The first-order chi connectivity index (χ1) is 8.51. The summed E-state index contributed by atoms with van der Waals surface area (Å²) in [6, 6.07) is 0. The fourth-order valence-corrected chi connectivity index (χ4v) is 2.41. The van der Waals surface area contributed by atoms with E-state index >= 15 is 0 Å². The summed E-state index contributed by atoms with van der Waals surface area (Å²) in [6.45, 7) is 1.96. The second-order valence-electron chi connectivity index (χ2n) is 3.44. The molecule has 7 heteroatoms. The maximum absolute atomic E-state index is 13.0. The zero-order valence-electron chi connectivity index (χ0n) is 9.75. The SMILES string of the molecule is CCOC(=O)Cc1cnc(CN)c(I)c1C(F)F. The lowest BCUT2D eigenvalue weighted by Crippen LogP contribution is -2.13. The number of carbonyl (C=O) groups excluding carboxylic acids is 1. The molecule has 0 aliphatic rings. The van der Waals surface area contributed by atoms with Crippen LogP contribution in [0.4, 0.5) is 8.78 Å². The predicted octanol–water partition coefficient (Wildman–Crippen LogP) is 2.19. The van der Waals surface area contributed by atoms with Crippen molar-refractivity contribution in [1.29, 1.82) is 0 Å². The normalized spacial score (nSPS) is 10.8. The summed E-state index contributed by atoms with van der Waals surface area (Å²) in [5.41, 5.74) is 5.82. The van der Waals surface area contributed by atoms with E-state index in [1.54, 1.807) is 29.5 Å². The number of rotatable bonds is 5. The third-order valence-corrected chi connectivity index (χ3v) is 3.47. The lowest BCUT2D eigenvalue weighted by Gasteiger charge is -2.12. The third-order valence-electron chi connectivity index (χ3n) is 2.26. The average molecular weight is 370 g/mol. The summed E-state index contributed by atoms with van der Waals surface area (Å²) >= 11 is 1.78. The lowest BCUT2D eigenvalue weighted by atomic mass is 10.1. The molecule has 0 aromatic carbocycles. The Kier molecular flexibility index (Phi) is 5.86. The number of halogens is 3. The highest BCUT2D eigenvalue weighted by Crippen LogP contribution is 2.29. The Balaban J connectivity index is 3.11. The van der Waals surface area contributed by atoms with Crippen LogP contribution in [0.5, 0.6) is 0 Å². The topological polar surface area (TPSA) is 65.2 Å². The molecule has 1 heterocycles. The largest absolute Gasteiger partial charge is 0.466 e. The van der Waals surface area contributed by atoms with E-state index in [1.165, 1.54) is 6.20 Å². The minimum atomic E-state index is -2.67. The fourth-order valence-electron chi connectivity index (χ4n) is 1.47. The Morgan fingerprint density at radius 2 is 2.28 bits per heavy atom. The first-order valence-electron chi connectivity index (χ1n) is 5.31. The van der Waals surface area contributed by atoms with Gasteiger partial charge >= 0.3 is 5.97 Å². The standard InChI is InChI=1S/C11H13F2IN2O2/c1-2-18-8(17)3-6-5-16-7(4-15)10(14)9(6)11(12)13/h5,11H,2-4,15H2,1H3. The van der Waals surface area contributed by atoms with Crippen LogP contribution in [0.3, 0.4) is 0 Å². The second-order valence-corrected chi connectivity index (χ2v) is 4.52. The van der Waals surface area contributed by atoms with Gasteiger partial charge in [0, 0.05) is 21.9 Å². The summed E-state index contributed by atoms with van der Waals surface area (Å²) in [4.78, 5) is 15.3. The van der Waals surface area contributed by atoms with Crippen LogP contribution >= 0.6 is 22.6 Å². The van der Waals surface area contributed by atoms with E-state index < -0.39 is 12.4 Å². The van der Waals surface area contributed by atoms with Gasteiger partial charge in [-0.25, -0.2) is 8.78 Å². The molecule has 0 aliphatic heterocycles. The summed E-state index contributed by atoms with van der Waals surface area (Å²) in [5.74, 6) is -0.544. The van der Waals surface area contributed by atoms with Gasteiger partial charge in [0.2, 0.25) is 0 Å². The van der Waals surface area contributed by atoms with Crippen molar-refractivity contribution < 1.29 is 18.3 Å². The zero-order valence-corrected chi connectivity index (χ0v) is 11.9. The molecule has 100 valence electrons. The van der Waals surface area contributed by atoms with Crippen LogP contribution in [-0.2, 0) is 22.5 Å². The molecular formula is C11H13F2IN2O2. The summed E-state index contributed by atoms with van der Waals surface area (Å²) in [7, 11) is 0. The summed E-state index contributed by atoms with van der Waals surface area (Å²) < 4.78 is 31.1. The van der Waals surface area contributed by atoms with Crippen molar-refractivity contribution in [3.8, 4) is 0 Å². The van der Waals surface area contributed by atoms with Crippen molar-refractivity contribution in [1.82, 2.24) is 4.98 Å². The number of esters is 1. The van der Waals surface area contributed by atoms with E-state index in [2.05, 4.69) is 4.98 Å². The second kappa shape index (κ2) is 6.93. The van der Waals surface area contributed by atoms with Gasteiger partial charge in [-0.1, -0.05) is 0 Å². The molecule has 0 bridgehead atoms. The highest BCUT2D eigenvalue weighted by atomic mass is 127. The monoisotopic (exact) mass is 370 g/mol. The van der Waals surface area contributed by atoms with Crippen LogP contribution in [0, 0.1) is 3.57 Å². The average Bonchev–Trinajstić information content (AvgIpc) is 2.29. The Morgan fingerprint density at radius 1 is 1.61 bits per heavy atom. The predicted molar refractivity (Wildman–Crippen MR) is 70.1 cm³/mol. The summed E-state index contributed by atoms with van der Waals surface area (Å²) in [6.07, 6.45) is -1.61. The quantitative estimate of drug-likeness (QED) is 0.638. The van der Waals surface area contributed by atoms with E-state index in [9.17, 15) is 13.6 Å². The van der Waals surface area contributed by atoms with Crippen LogP contribution < -0.4 is 5.73 Å². The first kappa shape index (κ1) is 15.2. The molecule has 1 aromatic heterocycles. The van der Waals surface area contributed by atoms with E-state index in [0.717, 1.165) is 0 Å². The number of hydrogen-bond donors (Lipinski definition) is 1. The molecule has 2 N–H and O–H groups in total. The molecule has 0 atom stereocenters. The number of aromatic nitrogens is 1. The molecule has 18 heavy (non-hydrogen) atoms. The van der Waals surface area contributed by atoms with Gasteiger partial charge in [0.05, 0.1) is 18.7 Å². The van der Waals surface area contributed by atoms with E-state index in [1.807, 2.05) is 0 Å². The minimum Gasteiger partial charge on any atom is -0.466 e. The van der Waals surface area contributed by atoms with Crippen molar-refractivity contribution in [3.63, 3.8) is 0 Å². The van der Waals surface area contributed by atoms with Crippen molar-refractivity contribution in [2.45, 2.75) is 26.3 Å². The van der Waals surface area contributed by atoms with Crippen LogP contribution in [0.25, 0.3) is 0 Å². The van der Waals surface area contributed by atoms with Gasteiger partial charge in [0.1, 0.15) is 0 Å². The van der Waals surface area contributed by atoms with Crippen LogP contribution in [0.1, 0.15) is 30.2 Å². The van der Waals surface area contributed by atoms with Gasteiger partial charge < -0.3 is 10.5 Å². The maximum atomic E-state index is 13.0. The first-order valence-corrected chi connectivity index (χ1v) is 6.39. The molecule has 0 unspecified atom stereocenters. The van der Waals surface area contributed by atoms with Gasteiger partial charge in [-0.3, -0.25) is 9.78 Å². The number of nitrogens with two attached hydrogens (primary N) is 1. The van der Waals surface area contributed by atoms with Gasteiger partial charge in [-0.15, -0.1) is 0 Å². The molecule has 1 aromatic rings. The Bertz CT molecular complexity index is 441. The zero-order chi connectivity index (χ0) is 13.7. The van der Waals surface area contributed by atoms with Gasteiger partial charge in [-0.2, -0.15) is 0 Å². The van der Waals surface area contributed by atoms with Crippen LogP contribution in [-0.4, -0.2) is 17.6 Å². The van der Waals surface area contributed by atoms with E-state index in [4.69, 9.17) is 10.5 Å². The molecule has 0 fully saturated rings. The number of alkyl halides is 2. The minimum absolute atomic E-state index is 0.0810. The van der Waals surface area contributed by atoms with Crippen molar-refractivity contribution >= 4 is 28.6 Å². The van der Waals surface area contributed by atoms with Gasteiger partial charge in [0.15, 0.2) is 0 Å². The number of nitrogens with zero attached hydrogens (tertiary/aromatic N) is 1. The van der Waals surface area contributed by atoms with E-state index in [-0.39, 0.29) is 30.7 Å². The Morgan fingerprint density at radius 3 is 2.78 bits per heavy atom. The Labute approximate surface area is 117 Å². The smallest absolute Gasteiger partial charge is 0.310 e. The number of ether oxygens (including phenoxy) is 1. The molecule has 4 nitrogen and oxygen atoms in total. The maximum Gasteiger partial charge on any atom is 0.310 e. The van der Waals surface area contributed by atoms with Crippen LogP contribution in [0.15, 0.2) is 6.20 Å². The van der Waals surface area contributed by atoms with Crippen molar-refractivity contribution in [2.24, 2.45) is 5.73 Å². The summed E-state index contributed by atoms with van der Waals surface area (Å²) in [5, 5.41) is 0. The van der Waals surface area contributed by atoms with Crippen molar-refractivity contribution in [2.75, 3.05) is 6.61 Å². The number of pyridine rings is 1. The lowest BCUT2D eigenvalue weighted by molar-refractivity contribution is -0.142. The molecule has 0 saturated heterocycles. The molecule has 0 amide bonds. The van der Waals surface area contributed by atoms with Crippen LogP contribution in [0.2, 0.25) is 0 Å². The molecule has 0 saturated carbocycles. The molecule has 0 radical (unpaired) electrons. The highest BCUT2D eigenvalue weighted by molar-refractivity contribution is 14.1. The molecule has 0 aliphatic carbocycles.